The summed E-state index contributed by atoms with van der Waals surface area (Å²) in [6.45, 7) is 6.85. The van der Waals surface area contributed by atoms with Crippen molar-refractivity contribution in [3.63, 3.8) is 0 Å². The zero-order chi connectivity index (χ0) is 23.2. The maximum atomic E-state index is 13.4. The SMILES string of the molecule is Cc1cnc(C2CCC=C3C2CCC2=CCC(N(N)c4ccc(F)cc4)=CC(C)CC23C)[nH]1. The van der Waals surface area contributed by atoms with Crippen LogP contribution in [0.5, 0.6) is 0 Å². The van der Waals surface area contributed by atoms with Gasteiger partial charge in [-0.3, -0.25) is 5.01 Å². The first kappa shape index (κ1) is 22.1. The van der Waals surface area contributed by atoms with E-state index in [0.29, 0.717) is 17.8 Å². The first-order valence-electron chi connectivity index (χ1n) is 12.3. The number of hydrogen-bond acceptors (Lipinski definition) is 3. The monoisotopic (exact) mass is 446 g/mol. The molecule has 33 heavy (non-hydrogen) atoms. The molecule has 0 aliphatic heterocycles. The van der Waals surface area contributed by atoms with Crippen molar-refractivity contribution in [2.75, 3.05) is 5.01 Å². The van der Waals surface area contributed by atoms with E-state index in [1.165, 1.54) is 30.8 Å². The third kappa shape index (κ3) is 4.08. The van der Waals surface area contributed by atoms with Crippen LogP contribution in [0.4, 0.5) is 10.1 Å². The van der Waals surface area contributed by atoms with E-state index in [1.807, 2.05) is 6.20 Å². The minimum atomic E-state index is -0.245. The van der Waals surface area contributed by atoms with Gasteiger partial charge in [-0.05, 0) is 75.1 Å². The molecule has 4 nitrogen and oxygen atoms in total. The second-order valence-corrected chi connectivity index (χ2v) is 10.4. The molecule has 5 heteroatoms. The molecule has 3 aliphatic carbocycles. The molecule has 0 amide bonds. The highest BCUT2D eigenvalue weighted by Gasteiger charge is 2.46. The lowest BCUT2D eigenvalue weighted by Crippen LogP contribution is -2.38. The quantitative estimate of drug-likeness (QED) is 0.313. The van der Waals surface area contributed by atoms with E-state index in [1.54, 1.807) is 28.3 Å². The maximum Gasteiger partial charge on any atom is 0.123 e. The Morgan fingerprint density at radius 3 is 2.67 bits per heavy atom. The fourth-order valence-electron chi connectivity index (χ4n) is 6.55. The molecule has 3 aliphatic rings. The summed E-state index contributed by atoms with van der Waals surface area (Å²) >= 11 is 0. The lowest BCUT2D eigenvalue weighted by Gasteiger charge is -2.49. The Hall–Kier alpha value is -2.66. The molecule has 1 aromatic carbocycles. The molecular formula is C28H35FN4. The minimum Gasteiger partial charge on any atom is -0.346 e. The maximum absolute atomic E-state index is 13.4. The second kappa shape index (κ2) is 8.60. The topological polar surface area (TPSA) is 57.9 Å². The Morgan fingerprint density at radius 1 is 1.15 bits per heavy atom. The van der Waals surface area contributed by atoms with Gasteiger partial charge in [0.2, 0.25) is 0 Å². The first-order chi connectivity index (χ1) is 15.8. The van der Waals surface area contributed by atoms with E-state index in [2.05, 4.69) is 44.0 Å². The van der Waals surface area contributed by atoms with Crippen molar-refractivity contribution in [2.24, 2.45) is 23.1 Å². The molecule has 1 fully saturated rings. The predicted octanol–water partition coefficient (Wildman–Crippen LogP) is 6.70. The first-order valence-corrected chi connectivity index (χ1v) is 12.3. The van der Waals surface area contributed by atoms with Crippen LogP contribution in [0.15, 0.2) is 65.5 Å². The van der Waals surface area contributed by atoms with E-state index < -0.39 is 0 Å². The van der Waals surface area contributed by atoms with Gasteiger partial charge in [-0.15, -0.1) is 0 Å². The number of benzene rings is 1. The summed E-state index contributed by atoms with van der Waals surface area (Å²) < 4.78 is 13.4. The number of nitrogens with zero attached hydrogens (tertiary/aromatic N) is 2. The zero-order valence-electron chi connectivity index (χ0n) is 19.9. The summed E-state index contributed by atoms with van der Waals surface area (Å²) in [7, 11) is 0. The van der Waals surface area contributed by atoms with E-state index in [0.717, 1.165) is 42.8 Å². The summed E-state index contributed by atoms with van der Waals surface area (Å²) in [5.74, 6) is 8.84. The van der Waals surface area contributed by atoms with Gasteiger partial charge in [0.1, 0.15) is 11.6 Å². The standard InChI is InChI=1S/C28H35FN4/c1-18-15-23(33(30)22-12-9-21(29)10-13-22)11-7-20-8-14-24-25(27-31-17-19(2)32-27)5-4-6-26(24)28(20,3)16-18/h6-7,9-10,12-13,15,17-18,24-25H,4-5,8,11,14,16,30H2,1-3H3,(H,31,32). The van der Waals surface area contributed by atoms with Crippen LogP contribution < -0.4 is 10.9 Å². The van der Waals surface area contributed by atoms with Crippen LogP contribution in [-0.2, 0) is 0 Å². The van der Waals surface area contributed by atoms with E-state index in [9.17, 15) is 4.39 Å². The summed E-state index contributed by atoms with van der Waals surface area (Å²) in [4.78, 5) is 8.25. The van der Waals surface area contributed by atoms with Gasteiger partial charge in [0.05, 0.1) is 5.69 Å². The van der Waals surface area contributed by atoms with Crippen LogP contribution in [0.2, 0.25) is 0 Å². The Bertz CT molecular complexity index is 1110. The number of halogens is 1. The number of allylic oxidation sites excluding steroid dienone is 5. The molecule has 174 valence electrons. The molecule has 4 atom stereocenters. The number of aryl methyl sites for hydroxylation is 1. The molecule has 3 N–H and O–H groups in total. The number of fused-ring (bicyclic) bond motifs is 3. The largest absolute Gasteiger partial charge is 0.346 e. The number of nitrogens with one attached hydrogen (secondary N) is 1. The van der Waals surface area contributed by atoms with Gasteiger partial charge in [-0.25, -0.2) is 15.2 Å². The van der Waals surface area contributed by atoms with E-state index in [4.69, 9.17) is 10.8 Å². The Kier molecular flexibility index (Phi) is 5.77. The second-order valence-electron chi connectivity index (χ2n) is 10.4. The van der Waals surface area contributed by atoms with Gasteiger partial charge < -0.3 is 4.98 Å². The van der Waals surface area contributed by atoms with Gasteiger partial charge in [0.15, 0.2) is 0 Å². The fourth-order valence-corrected chi connectivity index (χ4v) is 6.55. The van der Waals surface area contributed by atoms with Crippen molar-refractivity contribution in [3.05, 3.63) is 82.9 Å². The third-order valence-electron chi connectivity index (χ3n) is 8.05. The smallest absolute Gasteiger partial charge is 0.123 e. The molecule has 0 spiro atoms. The van der Waals surface area contributed by atoms with Crippen molar-refractivity contribution < 1.29 is 4.39 Å². The summed E-state index contributed by atoms with van der Waals surface area (Å²) in [5, 5.41) is 1.72. The lowest BCUT2D eigenvalue weighted by atomic mass is 9.55. The highest BCUT2D eigenvalue weighted by atomic mass is 19.1. The number of imidazole rings is 1. The molecule has 2 aromatic rings. The summed E-state index contributed by atoms with van der Waals surface area (Å²) in [6, 6.07) is 6.41. The number of aromatic amines is 1. The van der Waals surface area contributed by atoms with Crippen molar-refractivity contribution in [1.82, 2.24) is 9.97 Å². The third-order valence-corrected chi connectivity index (χ3v) is 8.05. The van der Waals surface area contributed by atoms with Gasteiger partial charge in [-0.2, -0.15) is 0 Å². The molecule has 0 bridgehead atoms. The van der Waals surface area contributed by atoms with Gasteiger partial charge in [-0.1, -0.05) is 43.2 Å². The van der Waals surface area contributed by atoms with Crippen molar-refractivity contribution >= 4 is 5.69 Å². The molecule has 5 rings (SSSR count). The molecule has 4 unspecified atom stereocenters. The lowest BCUT2D eigenvalue weighted by molar-refractivity contribution is 0.250. The molecule has 1 saturated carbocycles. The van der Waals surface area contributed by atoms with Gasteiger partial charge in [0, 0.05) is 35.3 Å². The number of anilines is 1. The Balaban J connectivity index is 1.43. The van der Waals surface area contributed by atoms with Crippen molar-refractivity contribution in [3.8, 4) is 0 Å². The predicted molar refractivity (Wildman–Crippen MR) is 132 cm³/mol. The molecular weight excluding hydrogens is 411 g/mol. The number of hydrogen-bond donors (Lipinski definition) is 2. The van der Waals surface area contributed by atoms with Gasteiger partial charge >= 0.3 is 0 Å². The Labute approximate surface area is 196 Å². The van der Waals surface area contributed by atoms with Crippen LogP contribution in [0.25, 0.3) is 0 Å². The van der Waals surface area contributed by atoms with Crippen LogP contribution in [-0.4, -0.2) is 9.97 Å². The zero-order valence-corrected chi connectivity index (χ0v) is 19.9. The number of rotatable bonds is 3. The normalized spacial score (nSPS) is 29.6. The number of aromatic nitrogens is 2. The average molecular weight is 447 g/mol. The number of nitrogens with two attached hydrogens (primary N) is 1. The van der Waals surface area contributed by atoms with Crippen molar-refractivity contribution in [1.29, 1.82) is 0 Å². The highest BCUT2D eigenvalue weighted by molar-refractivity contribution is 5.51. The van der Waals surface area contributed by atoms with E-state index >= 15 is 0 Å². The molecule has 1 heterocycles. The summed E-state index contributed by atoms with van der Waals surface area (Å²) in [5.41, 5.74) is 6.29. The van der Waals surface area contributed by atoms with Crippen LogP contribution in [0, 0.1) is 30.0 Å². The van der Waals surface area contributed by atoms with Crippen LogP contribution in [0.1, 0.15) is 69.8 Å². The molecule has 1 aromatic heterocycles. The Morgan fingerprint density at radius 2 is 1.94 bits per heavy atom. The minimum absolute atomic E-state index is 0.0833. The average Bonchev–Trinajstić information content (AvgIpc) is 3.22. The fraction of sp³-hybridized carbons (Fsp3) is 0.464. The van der Waals surface area contributed by atoms with Crippen LogP contribution in [0.3, 0.4) is 0 Å². The summed E-state index contributed by atoms with van der Waals surface area (Å²) in [6.07, 6.45) is 15.7. The molecule has 0 saturated heterocycles. The van der Waals surface area contributed by atoms with Crippen LogP contribution >= 0.6 is 0 Å². The highest BCUT2D eigenvalue weighted by Crippen LogP contribution is 2.57. The van der Waals surface area contributed by atoms with Crippen molar-refractivity contribution in [2.45, 2.75) is 65.2 Å². The van der Waals surface area contributed by atoms with Gasteiger partial charge in [0.25, 0.3) is 0 Å². The van der Waals surface area contributed by atoms with E-state index in [-0.39, 0.29) is 11.2 Å². The number of hydrazine groups is 1. The molecule has 0 radical (unpaired) electrons. The number of H-pyrrole nitrogens is 1.